The minimum Gasteiger partial charge on any atom is -0.456 e. The molecule has 7 heteroatoms. The third kappa shape index (κ3) is 4.26. The fraction of sp³-hybridized carbons (Fsp3) is 0. The fourth-order valence-corrected chi connectivity index (χ4v) is 3.35. The van der Waals surface area contributed by atoms with Crippen molar-refractivity contribution in [2.45, 2.75) is 0 Å². The highest BCUT2D eigenvalue weighted by molar-refractivity contribution is 6.33. The van der Waals surface area contributed by atoms with Crippen molar-refractivity contribution in [2.24, 2.45) is 0 Å². The van der Waals surface area contributed by atoms with Crippen LogP contribution in [0.4, 0.5) is 16.2 Å². The van der Waals surface area contributed by atoms with Crippen molar-refractivity contribution in [1.82, 2.24) is 0 Å². The Labute approximate surface area is 175 Å². The summed E-state index contributed by atoms with van der Waals surface area (Å²) in [5.41, 5.74) is 1.93. The van der Waals surface area contributed by atoms with Crippen molar-refractivity contribution < 1.29 is 9.21 Å². The summed E-state index contributed by atoms with van der Waals surface area (Å²) >= 11 is 12.3. The van der Waals surface area contributed by atoms with Gasteiger partial charge >= 0.3 is 6.03 Å². The summed E-state index contributed by atoms with van der Waals surface area (Å²) in [5, 5.41) is 6.75. The Balaban J connectivity index is 1.57. The van der Waals surface area contributed by atoms with E-state index in [1.807, 2.05) is 0 Å². The van der Waals surface area contributed by atoms with Gasteiger partial charge in [0.25, 0.3) is 0 Å². The van der Waals surface area contributed by atoms with Crippen molar-refractivity contribution in [3.8, 4) is 11.3 Å². The van der Waals surface area contributed by atoms with Crippen LogP contribution in [-0.2, 0) is 0 Å². The summed E-state index contributed by atoms with van der Waals surface area (Å²) in [4.78, 5) is 24.5. The Morgan fingerprint density at radius 1 is 0.828 bits per heavy atom. The fourth-order valence-electron chi connectivity index (χ4n) is 2.89. The molecule has 29 heavy (non-hydrogen) atoms. The van der Waals surface area contributed by atoms with Gasteiger partial charge in [0.2, 0.25) is 0 Å². The predicted molar refractivity (Wildman–Crippen MR) is 117 cm³/mol. The lowest BCUT2D eigenvalue weighted by Crippen LogP contribution is -2.19. The van der Waals surface area contributed by atoms with Crippen LogP contribution in [0.15, 0.2) is 82.0 Å². The minimum absolute atomic E-state index is 0.152. The van der Waals surface area contributed by atoms with E-state index < -0.39 is 6.03 Å². The Morgan fingerprint density at radius 2 is 1.59 bits per heavy atom. The molecule has 0 aliphatic carbocycles. The molecule has 2 amide bonds. The first kappa shape index (κ1) is 19.1. The van der Waals surface area contributed by atoms with E-state index in [1.54, 1.807) is 66.7 Å². The maximum absolute atomic E-state index is 12.3. The Hall–Kier alpha value is -3.28. The number of urea groups is 1. The predicted octanol–water partition coefficient (Wildman–Crippen LogP) is 6.41. The second-order valence-electron chi connectivity index (χ2n) is 6.26. The lowest BCUT2D eigenvalue weighted by molar-refractivity contribution is 0.262. The van der Waals surface area contributed by atoms with Gasteiger partial charge in [-0.1, -0.05) is 41.4 Å². The van der Waals surface area contributed by atoms with Crippen LogP contribution in [0.1, 0.15) is 0 Å². The Bertz CT molecular complexity index is 1280. The van der Waals surface area contributed by atoms with Gasteiger partial charge in [0.15, 0.2) is 5.43 Å². The first-order chi connectivity index (χ1) is 14.0. The molecule has 3 aromatic carbocycles. The summed E-state index contributed by atoms with van der Waals surface area (Å²) in [6, 6.07) is 19.7. The van der Waals surface area contributed by atoms with E-state index in [0.717, 1.165) is 0 Å². The number of fused-ring (bicyclic) bond motifs is 1. The third-order valence-corrected chi connectivity index (χ3v) is 4.76. The molecule has 1 heterocycles. The van der Waals surface area contributed by atoms with Crippen LogP contribution in [0.2, 0.25) is 10.0 Å². The largest absolute Gasteiger partial charge is 0.456 e. The Kier molecular flexibility index (Phi) is 5.25. The van der Waals surface area contributed by atoms with Crippen molar-refractivity contribution in [3.05, 3.63) is 93.1 Å². The molecule has 0 atom stereocenters. The molecule has 0 radical (unpaired) electrons. The van der Waals surface area contributed by atoms with Crippen molar-refractivity contribution in [3.63, 3.8) is 0 Å². The van der Waals surface area contributed by atoms with Crippen LogP contribution >= 0.6 is 23.2 Å². The number of amides is 2. The number of carbonyl (C=O) groups is 1. The van der Waals surface area contributed by atoms with E-state index in [4.69, 9.17) is 27.6 Å². The number of hydrogen-bond acceptors (Lipinski definition) is 3. The molecule has 0 aliphatic heterocycles. The zero-order valence-corrected chi connectivity index (χ0v) is 16.4. The van der Waals surface area contributed by atoms with Crippen LogP contribution < -0.4 is 16.1 Å². The van der Waals surface area contributed by atoms with Gasteiger partial charge in [-0.15, -0.1) is 0 Å². The van der Waals surface area contributed by atoms with Gasteiger partial charge < -0.3 is 15.1 Å². The Morgan fingerprint density at radius 3 is 2.34 bits per heavy atom. The normalized spacial score (nSPS) is 10.7. The van der Waals surface area contributed by atoms with Crippen LogP contribution in [0, 0.1) is 0 Å². The molecule has 0 bridgehead atoms. The highest BCUT2D eigenvalue weighted by Gasteiger charge is 2.12. The number of benzene rings is 3. The number of halogens is 2. The van der Waals surface area contributed by atoms with Crippen LogP contribution in [0.25, 0.3) is 22.3 Å². The topological polar surface area (TPSA) is 71.3 Å². The zero-order valence-electron chi connectivity index (χ0n) is 14.9. The number of carbonyl (C=O) groups excluding carboxylic acids is 1. The highest BCUT2D eigenvalue weighted by atomic mass is 35.5. The number of hydrogen-bond donors (Lipinski definition) is 2. The molecule has 4 aromatic rings. The van der Waals surface area contributed by atoms with E-state index in [2.05, 4.69) is 10.6 Å². The monoisotopic (exact) mass is 424 g/mol. The first-order valence-electron chi connectivity index (χ1n) is 8.66. The van der Waals surface area contributed by atoms with Gasteiger partial charge in [0.05, 0.1) is 10.4 Å². The van der Waals surface area contributed by atoms with Gasteiger partial charge in [0, 0.05) is 28.0 Å². The van der Waals surface area contributed by atoms with Crippen molar-refractivity contribution in [1.29, 1.82) is 0 Å². The van der Waals surface area contributed by atoms with Gasteiger partial charge in [-0.05, 0) is 48.5 Å². The lowest BCUT2D eigenvalue weighted by atomic mass is 10.1. The van der Waals surface area contributed by atoms with Gasteiger partial charge in [-0.2, -0.15) is 0 Å². The van der Waals surface area contributed by atoms with Crippen molar-refractivity contribution in [2.75, 3.05) is 10.6 Å². The molecule has 0 saturated heterocycles. The van der Waals surface area contributed by atoms with Gasteiger partial charge in [0.1, 0.15) is 11.3 Å². The quantitative estimate of drug-likeness (QED) is 0.398. The molecule has 0 unspecified atom stereocenters. The molecule has 0 spiro atoms. The number of rotatable bonds is 3. The molecular weight excluding hydrogens is 411 g/mol. The second-order valence-corrected chi connectivity index (χ2v) is 7.10. The minimum atomic E-state index is -0.437. The summed E-state index contributed by atoms with van der Waals surface area (Å²) < 4.78 is 5.82. The molecule has 144 valence electrons. The van der Waals surface area contributed by atoms with Crippen LogP contribution in [0.5, 0.6) is 0 Å². The van der Waals surface area contributed by atoms with Crippen LogP contribution in [0.3, 0.4) is 0 Å². The van der Waals surface area contributed by atoms with Crippen LogP contribution in [-0.4, -0.2) is 6.03 Å². The summed E-state index contributed by atoms with van der Waals surface area (Å²) in [6.07, 6.45) is 0. The standard InChI is InChI=1S/C22H14Cl2N2O3/c23-13-4-3-5-14(10-13)25-22(28)26-15-8-9-16(18(24)11-15)21-12-19(27)17-6-1-2-7-20(17)29-21/h1-12H,(H2,25,26,28). The molecule has 5 nitrogen and oxygen atoms in total. The van der Waals surface area contributed by atoms with Gasteiger partial charge in [-0.3, -0.25) is 4.79 Å². The van der Waals surface area contributed by atoms with Crippen molar-refractivity contribution >= 4 is 51.6 Å². The number of para-hydroxylation sites is 1. The highest BCUT2D eigenvalue weighted by Crippen LogP contribution is 2.31. The average molecular weight is 425 g/mol. The number of anilines is 2. The SMILES string of the molecule is O=C(Nc1cccc(Cl)c1)Nc1ccc(-c2cc(=O)c3ccccc3o2)c(Cl)c1. The van der Waals surface area contributed by atoms with E-state index >= 15 is 0 Å². The summed E-state index contributed by atoms with van der Waals surface area (Å²) in [5.74, 6) is 0.355. The van der Waals surface area contributed by atoms with E-state index in [9.17, 15) is 9.59 Å². The molecule has 0 saturated carbocycles. The maximum Gasteiger partial charge on any atom is 0.323 e. The maximum atomic E-state index is 12.3. The molecule has 0 aliphatic rings. The first-order valence-corrected chi connectivity index (χ1v) is 9.41. The molecule has 1 aromatic heterocycles. The van der Waals surface area contributed by atoms with E-state index in [-0.39, 0.29) is 5.43 Å². The average Bonchev–Trinajstić information content (AvgIpc) is 2.68. The van der Waals surface area contributed by atoms with Gasteiger partial charge in [-0.25, -0.2) is 4.79 Å². The summed E-state index contributed by atoms with van der Waals surface area (Å²) in [7, 11) is 0. The lowest BCUT2D eigenvalue weighted by Gasteiger charge is -2.10. The molecule has 4 rings (SSSR count). The smallest absolute Gasteiger partial charge is 0.323 e. The molecule has 0 fully saturated rings. The van der Waals surface area contributed by atoms with E-state index in [0.29, 0.717) is 43.7 Å². The van der Waals surface area contributed by atoms with E-state index in [1.165, 1.54) is 6.07 Å². The molecular formula is C22H14Cl2N2O3. The zero-order chi connectivity index (χ0) is 20.4. The third-order valence-electron chi connectivity index (χ3n) is 4.21. The number of nitrogens with one attached hydrogen (secondary N) is 2. The summed E-state index contributed by atoms with van der Waals surface area (Å²) in [6.45, 7) is 0. The molecule has 2 N–H and O–H groups in total. The second kappa shape index (κ2) is 7.99.